The topological polar surface area (TPSA) is 81.4 Å². The summed E-state index contributed by atoms with van der Waals surface area (Å²) in [7, 11) is -2.04. The van der Waals surface area contributed by atoms with Gasteiger partial charge in [-0.3, -0.25) is 0 Å². The van der Waals surface area contributed by atoms with Crippen molar-refractivity contribution in [3.63, 3.8) is 0 Å². The molecule has 1 N–H and O–H groups in total. The molecule has 0 radical (unpaired) electrons. The maximum absolute atomic E-state index is 12.5. The molecule has 0 amide bonds. The first-order valence-electron chi connectivity index (χ1n) is 8.24. The molecule has 0 bridgehead atoms. The van der Waals surface area contributed by atoms with Crippen molar-refractivity contribution in [1.82, 2.24) is 9.71 Å². The first kappa shape index (κ1) is 19.4. The van der Waals surface area contributed by atoms with E-state index in [2.05, 4.69) is 9.71 Å². The van der Waals surface area contributed by atoms with E-state index in [0.717, 1.165) is 11.3 Å². The summed E-state index contributed by atoms with van der Waals surface area (Å²) >= 11 is 5.91. The number of aromatic nitrogens is 1. The third kappa shape index (κ3) is 4.68. The van der Waals surface area contributed by atoms with Crippen molar-refractivity contribution < 1.29 is 17.6 Å². The molecule has 27 heavy (non-hydrogen) atoms. The van der Waals surface area contributed by atoms with E-state index in [9.17, 15) is 8.42 Å². The Hall–Kier alpha value is -2.35. The molecule has 2 aromatic carbocycles. The van der Waals surface area contributed by atoms with Gasteiger partial charge < -0.3 is 9.15 Å². The Balaban J connectivity index is 1.64. The fraction of sp³-hybridized carbons (Fsp3) is 0.211. The lowest BCUT2D eigenvalue weighted by molar-refractivity contribution is 0.415. The van der Waals surface area contributed by atoms with Crippen molar-refractivity contribution in [3.8, 4) is 17.2 Å². The van der Waals surface area contributed by atoms with Gasteiger partial charge in [-0.05, 0) is 48.9 Å². The number of benzene rings is 2. The Bertz CT molecular complexity index is 1030. The average Bonchev–Trinajstić information content (AvgIpc) is 3.12. The van der Waals surface area contributed by atoms with E-state index < -0.39 is 10.0 Å². The molecule has 0 aliphatic carbocycles. The fourth-order valence-electron chi connectivity index (χ4n) is 2.54. The van der Waals surface area contributed by atoms with E-state index in [1.165, 1.54) is 12.3 Å². The van der Waals surface area contributed by atoms with Crippen LogP contribution in [0, 0.1) is 6.92 Å². The van der Waals surface area contributed by atoms with Crippen LogP contribution in [0.3, 0.4) is 0 Å². The number of oxazole rings is 1. The highest BCUT2D eigenvalue weighted by Crippen LogP contribution is 2.22. The zero-order valence-electron chi connectivity index (χ0n) is 14.9. The van der Waals surface area contributed by atoms with E-state index in [4.69, 9.17) is 20.8 Å². The van der Waals surface area contributed by atoms with Crippen LogP contribution in [-0.2, 0) is 16.4 Å². The van der Waals surface area contributed by atoms with Crippen LogP contribution in [0.2, 0.25) is 5.02 Å². The van der Waals surface area contributed by atoms with Crippen LogP contribution < -0.4 is 9.46 Å². The second kappa shape index (κ2) is 8.12. The molecule has 0 atom stereocenters. The summed E-state index contributed by atoms with van der Waals surface area (Å²) < 4.78 is 38.1. The molecule has 8 heteroatoms. The molecular weight excluding hydrogens is 388 g/mol. The van der Waals surface area contributed by atoms with E-state index in [0.29, 0.717) is 28.6 Å². The first-order chi connectivity index (χ1) is 12.9. The van der Waals surface area contributed by atoms with Gasteiger partial charge in [0, 0.05) is 23.6 Å². The van der Waals surface area contributed by atoms with Crippen LogP contribution >= 0.6 is 11.6 Å². The highest BCUT2D eigenvalue weighted by Gasteiger charge is 2.17. The van der Waals surface area contributed by atoms with Crippen molar-refractivity contribution in [2.45, 2.75) is 18.2 Å². The van der Waals surface area contributed by atoms with Gasteiger partial charge in [0.1, 0.15) is 12.0 Å². The number of nitrogens with zero attached hydrogens (tertiary/aromatic N) is 1. The minimum absolute atomic E-state index is 0.175. The number of nitrogens with one attached hydrogen (secondary N) is 1. The summed E-state index contributed by atoms with van der Waals surface area (Å²) in [6.45, 7) is 1.92. The molecule has 1 aromatic heterocycles. The van der Waals surface area contributed by atoms with E-state index >= 15 is 0 Å². The number of hydrogen-bond donors (Lipinski definition) is 1. The third-order valence-corrected chi connectivity index (χ3v) is 5.84. The van der Waals surface area contributed by atoms with Crippen LogP contribution in [-0.4, -0.2) is 27.1 Å². The van der Waals surface area contributed by atoms with Gasteiger partial charge in [0.05, 0.1) is 17.7 Å². The summed E-state index contributed by atoms with van der Waals surface area (Å²) in [5, 5.41) is 0.376. The smallest absolute Gasteiger partial charge is 0.240 e. The van der Waals surface area contributed by atoms with Crippen molar-refractivity contribution in [1.29, 1.82) is 0 Å². The second-order valence-corrected chi connectivity index (χ2v) is 8.10. The monoisotopic (exact) mass is 406 g/mol. The minimum Gasteiger partial charge on any atom is -0.497 e. The largest absolute Gasteiger partial charge is 0.497 e. The Morgan fingerprint density at radius 2 is 1.93 bits per heavy atom. The van der Waals surface area contributed by atoms with Gasteiger partial charge >= 0.3 is 0 Å². The summed E-state index contributed by atoms with van der Waals surface area (Å²) in [5.74, 6) is 1.22. The Morgan fingerprint density at radius 3 is 2.63 bits per heavy atom. The standard InChI is InChI=1S/C19H19ClN2O4S/c1-13-3-6-15(20)11-18(13)27(23,24)21-10-9-16-12-26-19(22-16)14-4-7-17(25-2)8-5-14/h3-8,11-12,21H,9-10H2,1-2H3. The lowest BCUT2D eigenvalue weighted by Crippen LogP contribution is -2.26. The van der Waals surface area contributed by atoms with Gasteiger partial charge in [-0.2, -0.15) is 0 Å². The molecule has 0 fully saturated rings. The molecule has 0 aliphatic heterocycles. The first-order valence-corrected chi connectivity index (χ1v) is 10.1. The number of sulfonamides is 1. The SMILES string of the molecule is COc1ccc(-c2nc(CCNS(=O)(=O)c3cc(Cl)ccc3C)co2)cc1. The number of rotatable bonds is 7. The average molecular weight is 407 g/mol. The van der Waals surface area contributed by atoms with Gasteiger partial charge in [0.15, 0.2) is 0 Å². The van der Waals surface area contributed by atoms with Crippen molar-refractivity contribution in [3.05, 3.63) is 65.0 Å². The summed E-state index contributed by atoms with van der Waals surface area (Å²) in [4.78, 5) is 4.57. The number of aryl methyl sites for hydroxylation is 1. The van der Waals surface area contributed by atoms with Crippen LogP contribution in [0.15, 0.2) is 58.0 Å². The number of methoxy groups -OCH3 is 1. The van der Waals surface area contributed by atoms with Crippen molar-refractivity contribution in [2.75, 3.05) is 13.7 Å². The summed E-state index contributed by atoms with van der Waals surface area (Å²) in [6.07, 6.45) is 1.93. The molecule has 0 saturated heterocycles. The molecule has 3 aromatic rings. The molecular formula is C19H19ClN2O4S. The maximum Gasteiger partial charge on any atom is 0.240 e. The van der Waals surface area contributed by atoms with Crippen molar-refractivity contribution in [2.24, 2.45) is 0 Å². The molecule has 0 saturated carbocycles. The Kier molecular flexibility index (Phi) is 5.84. The predicted octanol–water partition coefficient (Wildman–Crippen LogP) is 3.83. The van der Waals surface area contributed by atoms with Crippen LogP contribution in [0.1, 0.15) is 11.3 Å². The zero-order valence-corrected chi connectivity index (χ0v) is 16.5. The van der Waals surface area contributed by atoms with Gasteiger partial charge in [-0.25, -0.2) is 18.1 Å². The van der Waals surface area contributed by atoms with E-state index in [1.54, 1.807) is 26.2 Å². The molecule has 0 unspecified atom stereocenters. The fourth-order valence-corrected chi connectivity index (χ4v) is 4.08. The van der Waals surface area contributed by atoms with Crippen LogP contribution in [0.4, 0.5) is 0 Å². The van der Waals surface area contributed by atoms with Gasteiger partial charge in [-0.15, -0.1) is 0 Å². The summed E-state index contributed by atoms with van der Waals surface area (Å²) in [6, 6.07) is 12.1. The molecule has 6 nitrogen and oxygen atoms in total. The highest BCUT2D eigenvalue weighted by atomic mass is 35.5. The maximum atomic E-state index is 12.5. The zero-order chi connectivity index (χ0) is 19.4. The molecule has 1 heterocycles. The van der Waals surface area contributed by atoms with Crippen LogP contribution in [0.5, 0.6) is 5.75 Å². The quantitative estimate of drug-likeness (QED) is 0.644. The normalized spacial score (nSPS) is 11.5. The number of hydrogen-bond acceptors (Lipinski definition) is 5. The number of ether oxygens (including phenoxy) is 1. The summed E-state index contributed by atoms with van der Waals surface area (Å²) in [5.41, 5.74) is 2.11. The molecule has 0 spiro atoms. The molecule has 3 rings (SSSR count). The highest BCUT2D eigenvalue weighted by molar-refractivity contribution is 7.89. The predicted molar refractivity (Wildman–Crippen MR) is 104 cm³/mol. The van der Waals surface area contributed by atoms with E-state index in [-0.39, 0.29) is 11.4 Å². The lowest BCUT2D eigenvalue weighted by Gasteiger charge is -2.09. The van der Waals surface area contributed by atoms with E-state index in [1.807, 2.05) is 24.3 Å². The van der Waals surface area contributed by atoms with Gasteiger partial charge in [0.2, 0.25) is 15.9 Å². The molecule has 142 valence electrons. The number of halogens is 1. The van der Waals surface area contributed by atoms with Crippen LogP contribution in [0.25, 0.3) is 11.5 Å². The third-order valence-electron chi connectivity index (χ3n) is 4.00. The molecule has 0 aliphatic rings. The minimum atomic E-state index is -3.64. The lowest BCUT2D eigenvalue weighted by atomic mass is 10.2. The van der Waals surface area contributed by atoms with Gasteiger partial charge in [0.25, 0.3) is 0 Å². The Labute approximate surface area is 163 Å². The van der Waals surface area contributed by atoms with Crippen molar-refractivity contribution >= 4 is 21.6 Å². The Morgan fingerprint density at radius 1 is 1.19 bits per heavy atom. The van der Waals surface area contributed by atoms with Gasteiger partial charge in [-0.1, -0.05) is 17.7 Å². The second-order valence-electron chi connectivity index (χ2n) is 5.93.